The molecule has 0 aromatic heterocycles. The van der Waals surface area contributed by atoms with E-state index in [1.54, 1.807) is 12.0 Å². The van der Waals surface area contributed by atoms with Crippen molar-refractivity contribution in [1.29, 1.82) is 0 Å². The predicted molar refractivity (Wildman–Crippen MR) is 148 cm³/mol. The van der Waals surface area contributed by atoms with Crippen LogP contribution in [0.15, 0.2) is 35.2 Å². The largest absolute Gasteiger partial charge is 0.493 e. The molecule has 33 heavy (non-hydrogen) atoms. The average Bonchev–Trinajstić information content (AvgIpc) is 3.03. The van der Waals surface area contributed by atoms with Crippen LogP contribution in [0, 0.1) is 10.5 Å². The first-order valence-electron chi connectivity index (χ1n) is 10.7. The fourth-order valence-electron chi connectivity index (χ4n) is 3.43. The molecule has 2 aromatic carbocycles. The minimum absolute atomic E-state index is 0.0594. The minimum Gasteiger partial charge on any atom is -0.493 e. The second-order valence-electron chi connectivity index (χ2n) is 7.85. The summed E-state index contributed by atoms with van der Waals surface area (Å²) in [7, 11) is 1.61. The van der Waals surface area contributed by atoms with E-state index < -0.39 is 0 Å². The van der Waals surface area contributed by atoms with Gasteiger partial charge in [-0.2, -0.15) is 0 Å². The number of nitrogens with zero attached hydrogens (tertiary/aromatic N) is 1. The van der Waals surface area contributed by atoms with Crippen LogP contribution in [0.3, 0.4) is 0 Å². The second-order valence-corrected chi connectivity index (χ2v) is 10.7. The first-order chi connectivity index (χ1) is 15.7. The summed E-state index contributed by atoms with van der Waals surface area (Å²) in [4.78, 5) is 14.7. The number of aryl methyl sites for hydroxylation is 1. The lowest BCUT2D eigenvalue weighted by molar-refractivity contribution is -0.121. The maximum absolute atomic E-state index is 12.5. The topological polar surface area (TPSA) is 48.0 Å². The van der Waals surface area contributed by atoms with Gasteiger partial charge in [-0.05, 0) is 83.3 Å². The van der Waals surface area contributed by atoms with E-state index in [4.69, 9.17) is 26.4 Å². The predicted octanol–water partition coefficient (Wildman–Crippen LogP) is 6.41. The number of thiocarbonyl (C=S) groups is 1. The third-order valence-corrected chi connectivity index (χ3v) is 7.30. The van der Waals surface area contributed by atoms with Crippen LogP contribution in [0.1, 0.15) is 43.4 Å². The molecule has 0 bridgehead atoms. The highest BCUT2D eigenvalue weighted by Gasteiger charge is 2.30. The molecule has 1 heterocycles. The van der Waals surface area contributed by atoms with Gasteiger partial charge in [-0.3, -0.25) is 9.69 Å². The zero-order chi connectivity index (χ0) is 24.1. The van der Waals surface area contributed by atoms with Gasteiger partial charge >= 0.3 is 0 Å². The van der Waals surface area contributed by atoms with Crippen molar-refractivity contribution in [3.8, 4) is 17.2 Å². The Balaban J connectivity index is 1.70. The quantitative estimate of drug-likeness (QED) is 0.144. The molecule has 0 aliphatic carbocycles. The Morgan fingerprint density at radius 1 is 1.15 bits per heavy atom. The number of rotatable bonds is 9. The number of hydrogen-bond donors (Lipinski definition) is 0. The molecule has 1 aliphatic rings. The van der Waals surface area contributed by atoms with Crippen molar-refractivity contribution < 1.29 is 19.0 Å². The molecule has 3 rings (SSSR count). The number of benzene rings is 2. The van der Waals surface area contributed by atoms with Crippen LogP contribution in [-0.4, -0.2) is 42.0 Å². The molecule has 0 atom stereocenters. The zero-order valence-electron chi connectivity index (χ0n) is 19.4. The molecule has 5 nitrogen and oxygen atoms in total. The minimum atomic E-state index is -0.0594. The molecule has 0 unspecified atom stereocenters. The Kier molecular flexibility index (Phi) is 9.06. The van der Waals surface area contributed by atoms with Gasteiger partial charge in [0.25, 0.3) is 5.91 Å². The summed E-state index contributed by atoms with van der Waals surface area (Å²) in [6, 6.07) is 10.1. The Morgan fingerprint density at radius 2 is 1.88 bits per heavy atom. The van der Waals surface area contributed by atoms with Gasteiger partial charge in [0.1, 0.15) is 23.3 Å². The van der Waals surface area contributed by atoms with Crippen molar-refractivity contribution in [1.82, 2.24) is 4.90 Å². The van der Waals surface area contributed by atoms with Gasteiger partial charge in [0.15, 0.2) is 11.5 Å². The highest BCUT2D eigenvalue weighted by atomic mass is 127. The standard InChI is InChI=1S/C25H28INO4S2/c1-6-27-24(28)22(33-25(27)32)14-17-12-19(26)23(21(13-17)29-5)31-10-9-30-20-11-16(4)7-8-18(20)15(2)3/h7-8,11-15H,6,9-10H2,1-5H3/b22-14-. The lowest BCUT2D eigenvalue weighted by atomic mass is 10.0. The number of amides is 1. The molecule has 176 valence electrons. The molecule has 0 saturated carbocycles. The number of hydrogen-bond acceptors (Lipinski definition) is 6. The maximum Gasteiger partial charge on any atom is 0.266 e. The summed E-state index contributed by atoms with van der Waals surface area (Å²) in [6.07, 6.45) is 1.84. The molecular formula is C25H28INO4S2. The molecule has 1 aliphatic heterocycles. The molecule has 8 heteroatoms. The van der Waals surface area contributed by atoms with Crippen molar-refractivity contribution in [3.05, 3.63) is 55.5 Å². The monoisotopic (exact) mass is 597 g/mol. The number of thioether (sulfide) groups is 1. The van der Waals surface area contributed by atoms with Gasteiger partial charge in [0.05, 0.1) is 15.6 Å². The Bertz CT molecular complexity index is 1080. The van der Waals surface area contributed by atoms with E-state index in [0.29, 0.717) is 46.4 Å². The zero-order valence-corrected chi connectivity index (χ0v) is 23.2. The average molecular weight is 598 g/mol. The van der Waals surface area contributed by atoms with Gasteiger partial charge in [0, 0.05) is 6.54 Å². The molecule has 1 saturated heterocycles. The highest BCUT2D eigenvalue weighted by Crippen LogP contribution is 2.37. The molecule has 1 amide bonds. The number of carbonyl (C=O) groups is 1. The molecule has 0 radical (unpaired) electrons. The summed E-state index contributed by atoms with van der Waals surface area (Å²) in [5, 5.41) is 0. The number of ether oxygens (including phenoxy) is 3. The molecule has 0 N–H and O–H groups in total. The molecule has 1 fully saturated rings. The van der Waals surface area contributed by atoms with Crippen molar-refractivity contribution in [2.75, 3.05) is 26.9 Å². The SMILES string of the molecule is CCN1C(=O)/C(=C/c2cc(I)c(OCCOc3cc(C)ccc3C(C)C)c(OC)c2)SC1=S. The van der Waals surface area contributed by atoms with E-state index in [1.165, 1.54) is 17.3 Å². The van der Waals surface area contributed by atoms with Gasteiger partial charge in [0.2, 0.25) is 0 Å². The lowest BCUT2D eigenvalue weighted by Gasteiger charge is -2.17. The Labute approximate surface area is 219 Å². The normalized spacial score (nSPS) is 15.0. The van der Waals surface area contributed by atoms with Gasteiger partial charge in [-0.15, -0.1) is 0 Å². The third kappa shape index (κ3) is 6.22. The molecule has 2 aromatic rings. The summed E-state index contributed by atoms with van der Waals surface area (Å²) < 4.78 is 19.1. The van der Waals surface area contributed by atoms with Crippen molar-refractivity contribution in [3.63, 3.8) is 0 Å². The Hall–Kier alpha value is -1.78. The smallest absolute Gasteiger partial charge is 0.266 e. The van der Waals surface area contributed by atoms with E-state index in [0.717, 1.165) is 20.4 Å². The van der Waals surface area contributed by atoms with Crippen LogP contribution in [0.4, 0.5) is 0 Å². The van der Waals surface area contributed by atoms with E-state index in [1.807, 2.05) is 25.1 Å². The van der Waals surface area contributed by atoms with Crippen molar-refractivity contribution in [2.24, 2.45) is 0 Å². The van der Waals surface area contributed by atoms with Crippen LogP contribution < -0.4 is 14.2 Å². The van der Waals surface area contributed by atoms with E-state index in [-0.39, 0.29) is 5.91 Å². The van der Waals surface area contributed by atoms with Crippen LogP contribution in [0.5, 0.6) is 17.2 Å². The summed E-state index contributed by atoms with van der Waals surface area (Å²) >= 11 is 8.84. The number of methoxy groups -OCH3 is 1. The first kappa shape index (κ1) is 25.8. The maximum atomic E-state index is 12.5. The summed E-state index contributed by atoms with van der Waals surface area (Å²) in [5.41, 5.74) is 3.21. The van der Waals surface area contributed by atoms with E-state index in [2.05, 4.69) is 61.6 Å². The second kappa shape index (κ2) is 11.6. The fourth-order valence-corrected chi connectivity index (χ4v) is 5.59. The van der Waals surface area contributed by atoms with Crippen LogP contribution in [-0.2, 0) is 4.79 Å². The molecular weight excluding hydrogens is 569 g/mol. The summed E-state index contributed by atoms with van der Waals surface area (Å²) in [6.45, 7) is 9.65. The summed E-state index contributed by atoms with van der Waals surface area (Å²) in [5.74, 6) is 2.49. The van der Waals surface area contributed by atoms with E-state index in [9.17, 15) is 4.79 Å². The van der Waals surface area contributed by atoms with E-state index >= 15 is 0 Å². The third-order valence-electron chi connectivity index (χ3n) is 5.12. The fraction of sp³-hybridized carbons (Fsp3) is 0.360. The number of carbonyl (C=O) groups excluding carboxylic acids is 1. The van der Waals surface area contributed by atoms with Crippen LogP contribution in [0.25, 0.3) is 6.08 Å². The van der Waals surface area contributed by atoms with Crippen molar-refractivity contribution in [2.45, 2.75) is 33.6 Å². The first-order valence-corrected chi connectivity index (χ1v) is 13.0. The van der Waals surface area contributed by atoms with Gasteiger partial charge in [-0.25, -0.2) is 0 Å². The Morgan fingerprint density at radius 3 is 2.52 bits per heavy atom. The van der Waals surface area contributed by atoms with Gasteiger partial charge < -0.3 is 14.2 Å². The van der Waals surface area contributed by atoms with Crippen LogP contribution >= 0.6 is 46.6 Å². The number of likely N-dealkylation sites (N-methyl/N-ethyl adjacent to an activating group) is 1. The van der Waals surface area contributed by atoms with Crippen LogP contribution in [0.2, 0.25) is 0 Å². The molecule has 0 spiro atoms. The lowest BCUT2D eigenvalue weighted by Crippen LogP contribution is -2.27. The highest BCUT2D eigenvalue weighted by molar-refractivity contribution is 14.1. The van der Waals surface area contributed by atoms with Gasteiger partial charge in [-0.1, -0.05) is 50.0 Å². The van der Waals surface area contributed by atoms with Crippen molar-refractivity contribution >= 4 is 62.9 Å². The number of halogens is 1.